The van der Waals surface area contributed by atoms with Crippen molar-refractivity contribution in [1.29, 1.82) is 0 Å². The second-order valence-corrected chi connectivity index (χ2v) is 7.86. The molecule has 0 bridgehead atoms. The number of rotatable bonds is 3. The average Bonchev–Trinajstić information content (AvgIpc) is 3.20. The number of hydrogen-bond donors (Lipinski definition) is 1. The van der Waals surface area contributed by atoms with E-state index >= 15 is 0 Å². The summed E-state index contributed by atoms with van der Waals surface area (Å²) in [5, 5.41) is 5.54. The Morgan fingerprint density at radius 3 is 2.60 bits per heavy atom. The maximum absolute atomic E-state index is 11.6. The fourth-order valence-electron chi connectivity index (χ4n) is 2.30. The summed E-state index contributed by atoms with van der Waals surface area (Å²) in [5.74, 6) is -0.373. The molecule has 0 spiro atoms. The number of aromatic nitrogens is 2. The molecule has 0 unspecified atom stereocenters. The summed E-state index contributed by atoms with van der Waals surface area (Å²) in [6.07, 6.45) is 0. The molecule has 0 saturated carbocycles. The maximum Gasteiger partial charge on any atom is 0.337 e. The molecule has 25 heavy (non-hydrogen) atoms. The molecule has 0 aliphatic rings. The third-order valence-electron chi connectivity index (χ3n) is 3.47. The van der Waals surface area contributed by atoms with Gasteiger partial charge in [-0.25, -0.2) is 14.8 Å². The number of fused-ring (bicyclic) bond motifs is 2. The molecule has 126 valence electrons. The molecule has 4 rings (SSSR count). The number of halogens is 2. The van der Waals surface area contributed by atoms with Crippen LogP contribution in [0.25, 0.3) is 20.4 Å². The Balaban J connectivity index is 1.68. The molecule has 0 radical (unpaired) electrons. The van der Waals surface area contributed by atoms with E-state index in [2.05, 4.69) is 15.3 Å². The van der Waals surface area contributed by atoms with E-state index in [9.17, 15) is 4.79 Å². The predicted octanol–water partition coefficient (Wildman–Crippen LogP) is 5.74. The second kappa shape index (κ2) is 6.42. The van der Waals surface area contributed by atoms with Crippen LogP contribution in [0, 0.1) is 0 Å². The van der Waals surface area contributed by atoms with E-state index in [0.717, 1.165) is 20.4 Å². The Morgan fingerprint density at radius 2 is 1.80 bits per heavy atom. The van der Waals surface area contributed by atoms with Gasteiger partial charge in [0, 0.05) is 0 Å². The van der Waals surface area contributed by atoms with Crippen LogP contribution < -0.4 is 5.32 Å². The third-order valence-corrected chi connectivity index (χ3v) is 6.33. The van der Waals surface area contributed by atoms with Gasteiger partial charge in [0.25, 0.3) is 0 Å². The molecule has 2 aromatic heterocycles. The molecule has 0 saturated heterocycles. The van der Waals surface area contributed by atoms with Gasteiger partial charge in [-0.15, -0.1) is 0 Å². The van der Waals surface area contributed by atoms with Crippen molar-refractivity contribution in [1.82, 2.24) is 9.97 Å². The highest BCUT2D eigenvalue weighted by Crippen LogP contribution is 2.38. The zero-order valence-corrected chi connectivity index (χ0v) is 15.8. The normalized spacial score (nSPS) is 11.2. The number of esters is 1. The van der Waals surface area contributed by atoms with Gasteiger partial charge in [0.15, 0.2) is 10.3 Å². The van der Waals surface area contributed by atoms with E-state index in [-0.39, 0.29) is 5.97 Å². The first-order valence-corrected chi connectivity index (χ1v) is 9.44. The Morgan fingerprint density at radius 1 is 1.08 bits per heavy atom. The standard InChI is InChI=1S/C16H9Cl2N3O2S2/c1-23-14(22)7-2-4-9-11(6-7)24-15(19-9)21-16-20-10-5-3-8(17)12(18)13(10)25-16/h2-6H,1H3,(H,19,20,21). The highest BCUT2D eigenvalue weighted by Gasteiger charge is 2.13. The number of benzene rings is 2. The molecular formula is C16H9Cl2N3O2S2. The van der Waals surface area contributed by atoms with Gasteiger partial charge >= 0.3 is 5.97 Å². The number of carbonyl (C=O) groups is 1. The first-order valence-electron chi connectivity index (χ1n) is 7.05. The van der Waals surface area contributed by atoms with Crippen LogP contribution in [0.3, 0.4) is 0 Å². The molecule has 0 amide bonds. The van der Waals surface area contributed by atoms with Crippen molar-refractivity contribution in [2.75, 3.05) is 12.4 Å². The summed E-state index contributed by atoms with van der Waals surface area (Å²) in [4.78, 5) is 20.6. The lowest BCUT2D eigenvalue weighted by atomic mass is 10.2. The van der Waals surface area contributed by atoms with Crippen molar-refractivity contribution < 1.29 is 9.53 Å². The summed E-state index contributed by atoms with van der Waals surface area (Å²) >= 11 is 15.1. The molecule has 5 nitrogen and oxygen atoms in total. The highest BCUT2D eigenvalue weighted by molar-refractivity contribution is 7.24. The van der Waals surface area contributed by atoms with Crippen molar-refractivity contribution in [3.05, 3.63) is 45.9 Å². The minimum atomic E-state index is -0.373. The van der Waals surface area contributed by atoms with Gasteiger partial charge in [0.2, 0.25) is 0 Å². The van der Waals surface area contributed by atoms with Crippen LogP contribution in [0.5, 0.6) is 0 Å². The molecule has 2 aromatic carbocycles. The van der Waals surface area contributed by atoms with Crippen molar-refractivity contribution >= 4 is 82.5 Å². The first kappa shape index (κ1) is 16.5. The number of anilines is 2. The summed E-state index contributed by atoms with van der Waals surface area (Å²) in [6, 6.07) is 8.79. The highest BCUT2D eigenvalue weighted by atomic mass is 35.5. The number of thiazole rings is 2. The minimum absolute atomic E-state index is 0.373. The molecule has 1 N–H and O–H groups in total. The number of ether oxygens (including phenoxy) is 1. The van der Waals surface area contributed by atoms with Gasteiger partial charge in [0.1, 0.15) is 0 Å². The first-order chi connectivity index (χ1) is 12.0. The zero-order chi connectivity index (χ0) is 17.6. The number of nitrogens with zero attached hydrogens (tertiary/aromatic N) is 2. The second-order valence-electron chi connectivity index (χ2n) is 5.05. The van der Waals surface area contributed by atoms with Crippen molar-refractivity contribution in [3.63, 3.8) is 0 Å². The molecular weight excluding hydrogens is 401 g/mol. The van der Waals surface area contributed by atoms with Crippen molar-refractivity contribution in [2.24, 2.45) is 0 Å². The minimum Gasteiger partial charge on any atom is -0.465 e. The van der Waals surface area contributed by atoms with Gasteiger partial charge in [-0.2, -0.15) is 0 Å². The SMILES string of the molecule is COC(=O)c1ccc2nc(Nc3nc4ccc(Cl)c(Cl)c4s3)sc2c1. The summed E-state index contributed by atoms with van der Waals surface area (Å²) < 4.78 is 6.45. The van der Waals surface area contributed by atoms with Crippen LogP contribution in [-0.2, 0) is 4.74 Å². The molecule has 0 atom stereocenters. The van der Waals surface area contributed by atoms with Gasteiger partial charge < -0.3 is 10.1 Å². The predicted molar refractivity (Wildman–Crippen MR) is 104 cm³/mol. The largest absolute Gasteiger partial charge is 0.465 e. The quantitative estimate of drug-likeness (QED) is 0.436. The lowest BCUT2D eigenvalue weighted by Gasteiger charge is -1.97. The monoisotopic (exact) mass is 409 g/mol. The van der Waals surface area contributed by atoms with Crippen LogP contribution in [0.1, 0.15) is 10.4 Å². The lowest BCUT2D eigenvalue weighted by Crippen LogP contribution is -1.99. The average molecular weight is 410 g/mol. The van der Waals surface area contributed by atoms with Gasteiger partial charge in [-0.1, -0.05) is 45.9 Å². The molecule has 2 heterocycles. The number of carbonyl (C=O) groups excluding carboxylic acids is 1. The third kappa shape index (κ3) is 3.04. The van der Waals surface area contributed by atoms with Crippen LogP contribution in [-0.4, -0.2) is 23.0 Å². The van der Waals surface area contributed by atoms with Crippen LogP contribution in [0.15, 0.2) is 30.3 Å². The molecule has 4 aromatic rings. The fourth-order valence-corrected chi connectivity index (χ4v) is 4.66. The van der Waals surface area contributed by atoms with Crippen LogP contribution in [0.2, 0.25) is 10.0 Å². The van der Waals surface area contributed by atoms with Crippen molar-refractivity contribution in [3.8, 4) is 0 Å². The topological polar surface area (TPSA) is 64.1 Å². The van der Waals surface area contributed by atoms with E-state index < -0.39 is 0 Å². The van der Waals surface area contributed by atoms with E-state index in [0.29, 0.717) is 25.9 Å². The molecule has 0 aliphatic carbocycles. The summed E-state index contributed by atoms with van der Waals surface area (Å²) in [7, 11) is 1.36. The number of methoxy groups -OCH3 is 1. The Hall–Kier alpha value is -1.93. The lowest BCUT2D eigenvalue weighted by molar-refractivity contribution is 0.0601. The van der Waals surface area contributed by atoms with Gasteiger partial charge in [0.05, 0.1) is 43.2 Å². The number of nitrogens with one attached hydrogen (secondary N) is 1. The Labute approximate surface area is 160 Å². The summed E-state index contributed by atoms with van der Waals surface area (Å²) in [6.45, 7) is 0. The Kier molecular flexibility index (Phi) is 4.24. The van der Waals surface area contributed by atoms with E-state index in [4.69, 9.17) is 27.9 Å². The van der Waals surface area contributed by atoms with Crippen molar-refractivity contribution in [2.45, 2.75) is 0 Å². The maximum atomic E-state index is 11.6. The van der Waals surface area contributed by atoms with Gasteiger partial charge in [-0.05, 0) is 30.3 Å². The van der Waals surface area contributed by atoms with Gasteiger partial charge in [-0.3, -0.25) is 0 Å². The molecule has 9 heteroatoms. The molecule has 0 aliphatic heterocycles. The van der Waals surface area contributed by atoms with E-state index in [1.54, 1.807) is 24.3 Å². The zero-order valence-electron chi connectivity index (χ0n) is 12.7. The smallest absolute Gasteiger partial charge is 0.337 e. The van der Waals surface area contributed by atoms with E-state index in [1.807, 2.05) is 6.07 Å². The van der Waals surface area contributed by atoms with Crippen LogP contribution in [0.4, 0.5) is 10.3 Å². The fraction of sp³-hybridized carbons (Fsp3) is 0.0625. The molecule has 0 fully saturated rings. The van der Waals surface area contributed by atoms with Crippen LogP contribution >= 0.6 is 45.9 Å². The Bertz CT molecular complexity index is 1120. The van der Waals surface area contributed by atoms with E-state index in [1.165, 1.54) is 29.8 Å². The summed E-state index contributed by atoms with van der Waals surface area (Å²) in [5.41, 5.74) is 2.06. The number of hydrogen-bond acceptors (Lipinski definition) is 7.